The molecular formula is C9H9BrClNO5S. The minimum absolute atomic E-state index is 0.0530. The predicted octanol–water partition coefficient (Wildman–Crippen LogP) is 1.47. The number of rotatable bonds is 5. The molecule has 0 bridgehead atoms. The van der Waals surface area contributed by atoms with E-state index in [2.05, 4.69) is 15.9 Å². The molecule has 1 aromatic carbocycles. The van der Waals surface area contributed by atoms with Crippen LogP contribution in [-0.2, 0) is 14.8 Å². The molecule has 0 atom stereocenters. The fourth-order valence-electron chi connectivity index (χ4n) is 1.17. The molecule has 0 unspecified atom stereocenters. The SMILES string of the molecule is COc1c(Br)cc(Cl)cc1S(=O)(=O)NCC(=O)O. The number of nitrogens with one attached hydrogen (secondary N) is 1. The highest BCUT2D eigenvalue weighted by atomic mass is 79.9. The summed E-state index contributed by atoms with van der Waals surface area (Å²) >= 11 is 8.87. The Morgan fingerprint density at radius 2 is 2.17 bits per heavy atom. The number of halogens is 2. The Bertz CT molecular complexity index is 575. The Morgan fingerprint density at radius 1 is 1.56 bits per heavy atom. The number of carboxylic acid groups (broad SMARTS) is 1. The number of carbonyl (C=O) groups is 1. The molecule has 0 spiro atoms. The van der Waals surface area contributed by atoms with Crippen molar-refractivity contribution in [1.82, 2.24) is 4.72 Å². The van der Waals surface area contributed by atoms with Gasteiger partial charge in [0.1, 0.15) is 11.4 Å². The second-order valence-electron chi connectivity index (χ2n) is 3.14. The quantitative estimate of drug-likeness (QED) is 0.831. The summed E-state index contributed by atoms with van der Waals surface area (Å²) in [6, 6.07) is 2.64. The average molecular weight is 359 g/mol. The van der Waals surface area contributed by atoms with Crippen LogP contribution in [0.15, 0.2) is 21.5 Å². The summed E-state index contributed by atoms with van der Waals surface area (Å²) in [5.41, 5.74) is 0. The smallest absolute Gasteiger partial charge is 0.318 e. The van der Waals surface area contributed by atoms with Crippen LogP contribution in [0.3, 0.4) is 0 Å². The van der Waals surface area contributed by atoms with Crippen LogP contribution in [0.5, 0.6) is 5.75 Å². The molecule has 0 aromatic heterocycles. The lowest BCUT2D eigenvalue weighted by atomic mass is 10.3. The van der Waals surface area contributed by atoms with E-state index in [4.69, 9.17) is 21.4 Å². The zero-order valence-electron chi connectivity index (χ0n) is 9.11. The van der Waals surface area contributed by atoms with E-state index in [9.17, 15) is 13.2 Å². The first-order valence-corrected chi connectivity index (χ1v) is 7.18. The summed E-state index contributed by atoms with van der Waals surface area (Å²) in [5, 5.41) is 8.64. The molecule has 0 amide bonds. The van der Waals surface area contributed by atoms with Gasteiger partial charge in [-0.2, -0.15) is 4.72 Å². The Morgan fingerprint density at radius 3 is 2.67 bits per heavy atom. The third-order valence-electron chi connectivity index (χ3n) is 1.88. The number of methoxy groups -OCH3 is 1. The Labute approximate surface area is 117 Å². The highest BCUT2D eigenvalue weighted by molar-refractivity contribution is 9.10. The minimum Gasteiger partial charge on any atom is -0.494 e. The molecule has 1 rings (SSSR count). The molecule has 100 valence electrons. The second kappa shape index (κ2) is 5.87. The van der Waals surface area contributed by atoms with Crippen molar-refractivity contribution >= 4 is 43.5 Å². The van der Waals surface area contributed by atoms with Crippen molar-refractivity contribution in [3.05, 3.63) is 21.6 Å². The maximum atomic E-state index is 11.9. The maximum absolute atomic E-state index is 11.9. The van der Waals surface area contributed by atoms with E-state index >= 15 is 0 Å². The van der Waals surface area contributed by atoms with Gasteiger partial charge < -0.3 is 9.84 Å². The molecule has 18 heavy (non-hydrogen) atoms. The van der Waals surface area contributed by atoms with E-state index in [1.807, 2.05) is 4.72 Å². The lowest BCUT2D eigenvalue weighted by Crippen LogP contribution is -2.29. The van der Waals surface area contributed by atoms with Crippen molar-refractivity contribution in [1.29, 1.82) is 0 Å². The van der Waals surface area contributed by atoms with E-state index < -0.39 is 22.5 Å². The van der Waals surface area contributed by atoms with E-state index in [1.54, 1.807) is 0 Å². The van der Waals surface area contributed by atoms with E-state index in [1.165, 1.54) is 19.2 Å². The van der Waals surface area contributed by atoms with Gasteiger partial charge in [0, 0.05) is 5.02 Å². The molecule has 1 aromatic rings. The van der Waals surface area contributed by atoms with E-state index in [-0.39, 0.29) is 15.7 Å². The van der Waals surface area contributed by atoms with Crippen LogP contribution in [0.1, 0.15) is 0 Å². The number of ether oxygens (including phenoxy) is 1. The molecule has 9 heteroatoms. The molecule has 0 saturated heterocycles. The molecule has 0 aliphatic heterocycles. The van der Waals surface area contributed by atoms with Crippen molar-refractivity contribution < 1.29 is 23.1 Å². The van der Waals surface area contributed by atoms with Crippen molar-refractivity contribution in [2.24, 2.45) is 0 Å². The molecule has 0 fully saturated rings. The molecule has 2 N–H and O–H groups in total. The second-order valence-corrected chi connectivity index (χ2v) is 6.16. The lowest BCUT2D eigenvalue weighted by molar-refractivity contribution is -0.135. The fraction of sp³-hybridized carbons (Fsp3) is 0.222. The van der Waals surface area contributed by atoms with Crippen LogP contribution < -0.4 is 9.46 Å². The van der Waals surface area contributed by atoms with Gasteiger partial charge in [-0.25, -0.2) is 8.42 Å². The molecular weight excluding hydrogens is 350 g/mol. The van der Waals surface area contributed by atoms with E-state index in [0.29, 0.717) is 4.47 Å². The van der Waals surface area contributed by atoms with Gasteiger partial charge in [-0.05, 0) is 28.1 Å². The summed E-state index contributed by atoms with van der Waals surface area (Å²) in [5.74, 6) is -1.24. The molecule has 0 radical (unpaired) electrons. The van der Waals surface area contributed by atoms with Crippen molar-refractivity contribution in [3.8, 4) is 5.75 Å². The normalized spacial score (nSPS) is 11.3. The number of aliphatic carboxylic acids is 1. The summed E-state index contributed by atoms with van der Waals surface area (Å²) in [6.45, 7) is -0.727. The molecule has 0 aliphatic rings. The van der Waals surface area contributed by atoms with Gasteiger partial charge in [0.2, 0.25) is 10.0 Å². The lowest BCUT2D eigenvalue weighted by Gasteiger charge is -2.11. The number of sulfonamides is 1. The van der Waals surface area contributed by atoms with Crippen molar-refractivity contribution in [2.45, 2.75) is 4.90 Å². The standard InChI is InChI=1S/C9H9BrClNO5S/c1-17-9-6(10)2-5(11)3-7(9)18(15,16)12-4-8(13)14/h2-3,12H,4H2,1H3,(H,13,14). The van der Waals surface area contributed by atoms with Crippen LogP contribution >= 0.6 is 27.5 Å². The van der Waals surface area contributed by atoms with Crippen LogP contribution in [0.2, 0.25) is 5.02 Å². The summed E-state index contributed by atoms with van der Waals surface area (Å²) in [4.78, 5) is 10.1. The first-order valence-electron chi connectivity index (χ1n) is 4.52. The summed E-state index contributed by atoms with van der Waals surface area (Å²) in [6.07, 6.45) is 0. The van der Waals surface area contributed by atoms with Gasteiger partial charge in [0.25, 0.3) is 0 Å². The van der Waals surface area contributed by atoms with Gasteiger partial charge in [0.05, 0.1) is 11.6 Å². The minimum atomic E-state index is -4.01. The Kier molecular flexibility index (Phi) is 4.97. The Hall–Kier alpha value is -0.830. The van der Waals surface area contributed by atoms with Gasteiger partial charge in [-0.15, -0.1) is 0 Å². The van der Waals surface area contributed by atoms with Crippen LogP contribution in [-0.4, -0.2) is 33.1 Å². The summed E-state index contributed by atoms with van der Waals surface area (Å²) < 4.78 is 31.0. The number of hydrogen-bond donors (Lipinski definition) is 2. The molecule has 0 aliphatic carbocycles. The van der Waals surface area contributed by atoms with Crippen LogP contribution in [0, 0.1) is 0 Å². The van der Waals surface area contributed by atoms with Gasteiger partial charge in [-0.1, -0.05) is 11.6 Å². The summed E-state index contributed by atoms with van der Waals surface area (Å²) in [7, 11) is -2.72. The third kappa shape index (κ3) is 3.58. The van der Waals surface area contributed by atoms with Gasteiger partial charge >= 0.3 is 5.97 Å². The maximum Gasteiger partial charge on any atom is 0.318 e. The zero-order valence-corrected chi connectivity index (χ0v) is 12.3. The third-order valence-corrected chi connectivity index (χ3v) is 4.10. The first kappa shape index (κ1) is 15.2. The van der Waals surface area contributed by atoms with E-state index in [0.717, 1.165) is 0 Å². The number of carboxylic acids is 1. The molecule has 0 heterocycles. The van der Waals surface area contributed by atoms with Crippen LogP contribution in [0.4, 0.5) is 0 Å². The Balaban J connectivity index is 3.27. The highest BCUT2D eigenvalue weighted by Gasteiger charge is 2.23. The van der Waals surface area contributed by atoms with Crippen molar-refractivity contribution in [2.75, 3.05) is 13.7 Å². The topological polar surface area (TPSA) is 92.7 Å². The predicted molar refractivity (Wildman–Crippen MR) is 68.5 cm³/mol. The largest absolute Gasteiger partial charge is 0.494 e. The monoisotopic (exact) mass is 357 g/mol. The number of benzene rings is 1. The highest BCUT2D eigenvalue weighted by Crippen LogP contribution is 2.35. The molecule has 6 nitrogen and oxygen atoms in total. The van der Waals surface area contributed by atoms with Gasteiger partial charge in [-0.3, -0.25) is 4.79 Å². The number of hydrogen-bond acceptors (Lipinski definition) is 4. The average Bonchev–Trinajstić information content (AvgIpc) is 2.25. The first-order chi connectivity index (χ1) is 8.27. The van der Waals surface area contributed by atoms with Gasteiger partial charge in [0.15, 0.2) is 5.75 Å². The van der Waals surface area contributed by atoms with Crippen LogP contribution in [0.25, 0.3) is 0 Å². The molecule has 0 saturated carbocycles. The fourth-order valence-corrected chi connectivity index (χ4v) is 3.53. The zero-order chi connectivity index (χ0) is 13.9. The van der Waals surface area contributed by atoms with Crippen molar-refractivity contribution in [3.63, 3.8) is 0 Å².